The lowest BCUT2D eigenvalue weighted by molar-refractivity contribution is -0.136. The highest BCUT2D eigenvalue weighted by Gasteiger charge is 2.04. The molecule has 1 aromatic carbocycles. The zero-order valence-electron chi connectivity index (χ0n) is 12.3. The fraction of sp³-hybridized carbons (Fsp3) is 0.353. The lowest BCUT2D eigenvalue weighted by Crippen LogP contribution is -1.98. The topological polar surface area (TPSA) is 49.3 Å². The first-order chi connectivity index (χ1) is 10.2. The normalized spacial score (nSPS) is 10.5. The van der Waals surface area contributed by atoms with Crippen molar-refractivity contribution in [1.82, 2.24) is 0 Å². The molecule has 2 rings (SSSR count). The molecule has 1 aromatic heterocycles. The summed E-state index contributed by atoms with van der Waals surface area (Å²) in [6.07, 6.45) is 3.70. The van der Waals surface area contributed by atoms with Gasteiger partial charge in [0.1, 0.15) is 0 Å². The number of aryl methyl sites for hydroxylation is 1. The van der Waals surface area contributed by atoms with E-state index >= 15 is 0 Å². The number of rotatable bonds is 8. The monoisotopic (exact) mass is 303 g/mol. The molecule has 0 amide bonds. The summed E-state index contributed by atoms with van der Waals surface area (Å²) < 4.78 is 0. The zero-order valence-corrected chi connectivity index (χ0v) is 13.1. The maximum Gasteiger partial charge on any atom is 0.308 e. The zero-order chi connectivity index (χ0) is 15.1. The Morgan fingerprint density at radius 3 is 2.52 bits per heavy atom. The van der Waals surface area contributed by atoms with Crippen molar-refractivity contribution in [2.24, 2.45) is 0 Å². The number of anilines is 1. The maximum atomic E-state index is 10.7. The fourth-order valence-electron chi connectivity index (χ4n) is 2.12. The second kappa shape index (κ2) is 7.84. The lowest BCUT2D eigenvalue weighted by Gasteiger charge is -2.06. The van der Waals surface area contributed by atoms with Crippen LogP contribution < -0.4 is 5.32 Å². The van der Waals surface area contributed by atoms with Gasteiger partial charge in [-0.05, 0) is 42.7 Å². The molecular formula is C17H21NO2S. The summed E-state index contributed by atoms with van der Waals surface area (Å²) in [7, 11) is 0. The van der Waals surface area contributed by atoms with Crippen LogP contribution >= 0.6 is 11.3 Å². The Morgan fingerprint density at radius 1 is 1.14 bits per heavy atom. The summed E-state index contributed by atoms with van der Waals surface area (Å²) >= 11 is 1.55. The molecule has 0 aliphatic rings. The maximum absolute atomic E-state index is 10.7. The van der Waals surface area contributed by atoms with Gasteiger partial charge in [-0.2, -0.15) is 0 Å². The average Bonchev–Trinajstić information content (AvgIpc) is 2.91. The first-order valence-corrected chi connectivity index (χ1v) is 8.11. The molecule has 21 heavy (non-hydrogen) atoms. The minimum atomic E-state index is -0.779. The largest absolute Gasteiger partial charge is 0.481 e. The van der Waals surface area contributed by atoms with Crippen LogP contribution in [0.25, 0.3) is 0 Å². The number of unbranched alkanes of at least 4 members (excludes halogenated alkanes) is 1. The molecule has 0 aliphatic carbocycles. The Kier molecular flexibility index (Phi) is 5.81. The third-order valence-corrected chi connectivity index (χ3v) is 4.37. The second-order valence-electron chi connectivity index (χ2n) is 5.09. The van der Waals surface area contributed by atoms with Crippen molar-refractivity contribution >= 4 is 23.0 Å². The minimum absolute atomic E-state index is 0.108. The van der Waals surface area contributed by atoms with Gasteiger partial charge in [0.05, 0.1) is 6.42 Å². The van der Waals surface area contributed by atoms with Crippen molar-refractivity contribution in [1.29, 1.82) is 0 Å². The Labute approximate surface area is 129 Å². The van der Waals surface area contributed by atoms with E-state index in [9.17, 15) is 4.79 Å². The van der Waals surface area contributed by atoms with Gasteiger partial charge in [0, 0.05) is 22.0 Å². The van der Waals surface area contributed by atoms with Crippen molar-refractivity contribution in [3.05, 3.63) is 51.7 Å². The van der Waals surface area contributed by atoms with Gasteiger partial charge in [-0.25, -0.2) is 0 Å². The Hall–Kier alpha value is -1.81. The van der Waals surface area contributed by atoms with Crippen LogP contribution in [0.15, 0.2) is 36.4 Å². The Balaban J connectivity index is 1.84. The standard InChI is InChI=1S/C17H21NO2S/c1-2-3-4-13-5-7-14(8-6-13)18-12-16-10-9-15(21-16)11-17(19)20/h5-10,18H,2-4,11-12H2,1H3,(H,19,20). The molecular weight excluding hydrogens is 282 g/mol. The van der Waals surface area contributed by atoms with Crippen LogP contribution in [0.1, 0.15) is 35.1 Å². The van der Waals surface area contributed by atoms with Gasteiger partial charge in [0.15, 0.2) is 0 Å². The summed E-state index contributed by atoms with van der Waals surface area (Å²) in [6, 6.07) is 12.4. The molecule has 0 saturated heterocycles. The SMILES string of the molecule is CCCCc1ccc(NCc2ccc(CC(=O)O)s2)cc1. The van der Waals surface area contributed by atoms with Crippen molar-refractivity contribution < 1.29 is 9.90 Å². The van der Waals surface area contributed by atoms with Crippen LogP contribution in [-0.2, 0) is 24.2 Å². The van der Waals surface area contributed by atoms with Gasteiger partial charge in [-0.1, -0.05) is 25.5 Å². The number of aliphatic carboxylic acids is 1. The molecule has 1 heterocycles. The highest BCUT2D eigenvalue weighted by atomic mass is 32.1. The quantitative estimate of drug-likeness (QED) is 0.763. The second-order valence-corrected chi connectivity index (χ2v) is 6.35. The van der Waals surface area contributed by atoms with Crippen LogP contribution in [0.3, 0.4) is 0 Å². The third-order valence-electron chi connectivity index (χ3n) is 3.28. The number of nitrogens with one attached hydrogen (secondary N) is 1. The van der Waals surface area contributed by atoms with E-state index in [2.05, 4.69) is 36.5 Å². The van der Waals surface area contributed by atoms with E-state index in [0.717, 1.165) is 28.4 Å². The van der Waals surface area contributed by atoms with Crippen LogP contribution in [0.4, 0.5) is 5.69 Å². The predicted octanol–water partition coefficient (Wildman–Crippen LogP) is 4.33. The molecule has 0 fully saturated rings. The number of benzene rings is 1. The number of hydrogen-bond donors (Lipinski definition) is 2. The summed E-state index contributed by atoms with van der Waals surface area (Å²) in [4.78, 5) is 12.7. The summed E-state index contributed by atoms with van der Waals surface area (Å²) in [6.45, 7) is 2.94. The van der Waals surface area contributed by atoms with Crippen molar-refractivity contribution in [3.8, 4) is 0 Å². The molecule has 4 heteroatoms. The number of hydrogen-bond acceptors (Lipinski definition) is 3. The fourth-order valence-corrected chi connectivity index (χ4v) is 3.07. The predicted molar refractivity (Wildman–Crippen MR) is 88.0 cm³/mol. The molecule has 0 atom stereocenters. The molecule has 0 radical (unpaired) electrons. The molecule has 0 bridgehead atoms. The van der Waals surface area contributed by atoms with Gasteiger partial charge in [-0.15, -0.1) is 11.3 Å². The lowest BCUT2D eigenvalue weighted by atomic mass is 10.1. The first kappa shape index (κ1) is 15.6. The van der Waals surface area contributed by atoms with Crippen LogP contribution in [-0.4, -0.2) is 11.1 Å². The van der Waals surface area contributed by atoms with Gasteiger partial charge in [0.2, 0.25) is 0 Å². The van der Waals surface area contributed by atoms with Gasteiger partial charge < -0.3 is 10.4 Å². The molecule has 2 N–H and O–H groups in total. The van der Waals surface area contributed by atoms with Crippen molar-refractivity contribution in [3.63, 3.8) is 0 Å². The first-order valence-electron chi connectivity index (χ1n) is 7.29. The molecule has 112 valence electrons. The van der Waals surface area contributed by atoms with Crippen LogP contribution in [0.2, 0.25) is 0 Å². The van der Waals surface area contributed by atoms with Crippen molar-refractivity contribution in [2.45, 2.75) is 39.2 Å². The average molecular weight is 303 g/mol. The molecule has 3 nitrogen and oxygen atoms in total. The Morgan fingerprint density at radius 2 is 1.86 bits per heavy atom. The highest BCUT2D eigenvalue weighted by Crippen LogP contribution is 2.19. The molecule has 0 saturated carbocycles. The molecule has 0 aliphatic heterocycles. The van der Waals surface area contributed by atoms with Crippen LogP contribution in [0, 0.1) is 0 Å². The third kappa shape index (κ3) is 5.23. The number of carboxylic acids is 1. The minimum Gasteiger partial charge on any atom is -0.481 e. The van der Waals surface area contributed by atoms with E-state index in [1.807, 2.05) is 12.1 Å². The summed E-state index contributed by atoms with van der Waals surface area (Å²) in [5.41, 5.74) is 2.48. The number of carbonyl (C=O) groups is 1. The van der Waals surface area contributed by atoms with E-state index in [1.54, 1.807) is 11.3 Å². The van der Waals surface area contributed by atoms with E-state index in [0.29, 0.717) is 0 Å². The Bertz CT molecular complexity index is 575. The summed E-state index contributed by atoms with van der Waals surface area (Å²) in [5.74, 6) is -0.779. The van der Waals surface area contributed by atoms with Gasteiger partial charge in [0.25, 0.3) is 0 Å². The number of carboxylic acid groups (broad SMARTS) is 1. The van der Waals surface area contributed by atoms with E-state index < -0.39 is 5.97 Å². The van der Waals surface area contributed by atoms with E-state index in [-0.39, 0.29) is 6.42 Å². The van der Waals surface area contributed by atoms with Crippen molar-refractivity contribution in [2.75, 3.05) is 5.32 Å². The van der Waals surface area contributed by atoms with Gasteiger partial charge >= 0.3 is 5.97 Å². The molecule has 0 spiro atoms. The highest BCUT2D eigenvalue weighted by molar-refractivity contribution is 7.12. The summed E-state index contributed by atoms with van der Waals surface area (Å²) in [5, 5.41) is 12.1. The molecule has 0 unspecified atom stereocenters. The molecule has 2 aromatic rings. The van der Waals surface area contributed by atoms with E-state index in [4.69, 9.17) is 5.11 Å². The van der Waals surface area contributed by atoms with Crippen LogP contribution in [0.5, 0.6) is 0 Å². The number of thiophene rings is 1. The van der Waals surface area contributed by atoms with Gasteiger partial charge in [-0.3, -0.25) is 4.79 Å². The smallest absolute Gasteiger partial charge is 0.308 e. The van der Waals surface area contributed by atoms with E-state index in [1.165, 1.54) is 18.4 Å².